The van der Waals surface area contributed by atoms with Crippen LogP contribution in [0.1, 0.15) is 45.4 Å². The van der Waals surface area contributed by atoms with Gasteiger partial charge in [-0.15, -0.1) is 0 Å². The van der Waals surface area contributed by atoms with Crippen LogP contribution in [0.3, 0.4) is 0 Å². The van der Waals surface area contributed by atoms with E-state index in [-0.39, 0.29) is 0 Å². The van der Waals surface area contributed by atoms with Crippen LogP contribution in [0.4, 0.5) is 0 Å². The monoisotopic (exact) mass is 264 g/mol. The van der Waals surface area contributed by atoms with Crippen LogP contribution in [-0.4, -0.2) is 27.9 Å². The smallest absolute Gasteiger partial charge is 0.138 e. The van der Waals surface area contributed by atoms with Gasteiger partial charge in [-0.05, 0) is 50.5 Å². The molecule has 0 amide bonds. The second kappa shape index (κ2) is 6.51. The van der Waals surface area contributed by atoms with Crippen molar-refractivity contribution in [1.82, 2.24) is 20.1 Å². The van der Waals surface area contributed by atoms with Crippen molar-refractivity contribution in [3.63, 3.8) is 0 Å². The summed E-state index contributed by atoms with van der Waals surface area (Å²) in [4.78, 5) is 4.35. The molecule has 1 aliphatic rings. The summed E-state index contributed by atoms with van der Waals surface area (Å²) < 4.78 is 1.89. The summed E-state index contributed by atoms with van der Waals surface area (Å²) in [6.07, 6.45) is 8.12. The average molecular weight is 264 g/mol. The molecule has 2 rings (SSSR count). The molecule has 1 N–H and O–H groups in total. The Morgan fingerprint density at radius 1 is 1.26 bits per heavy atom. The van der Waals surface area contributed by atoms with Gasteiger partial charge in [-0.2, -0.15) is 5.10 Å². The van der Waals surface area contributed by atoms with E-state index in [0.29, 0.717) is 6.04 Å². The van der Waals surface area contributed by atoms with E-state index in [1.165, 1.54) is 25.7 Å². The van der Waals surface area contributed by atoms with E-state index in [0.717, 1.165) is 30.0 Å². The fourth-order valence-corrected chi connectivity index (χ4v) is 3.42. The van der Waals surface area contributed by atoms with Crippen molar-refractivity contribution in [2.45, 2.75) is 52.0 Å². The van der Waals surface area contributed by atoms with Crippen LogP contribution in [0, 0.1) is 17.8 Å². The fourth-order valence-electron chi connectivity index (χ4n) is 3.42. The van der Waals surface area contributed by atoms with Crippen LogP contribution in [0.2, 0.25) is 0 Å². The minimum absolute atomic E-state index is 0.538. The van der Waals surface area contributed by atoms with Gasteiger partial charge in [-0.25, -0.2) is 4.98 Å². The van der Waals surface area contributed by atoms with Crippen LogP contribution in [0.25, 0.3) is 0 Å². The van der Waals surface area contributed by atoms with Gasteiger partial charge >= 0.3 is 0 Å². The number of hydrogen-bond donors (Lipinski definition) is 1. The molecule has 1 fully saturated rings. The molecule has 0 spiro atoms. The molecule has 1 aromatic heterocycles. The molecule has 0 saturated heterocycles. The van der Waals surface area contributed by atoms with Gasteiger partial charge in [-0.3, -0.25) is 4.68 Å². The summed E-state index contributed by atoms with van der Waals surface area (Å²) in [5.74, 6) is 3.65. The van der Waals surface area contributed by atoms with Gasteiger partial charge in [0.2, 0.25) is 0 Å². The Bertz CT molecular complexity index is 377. The number of aryl methyl sites for hydroxylation is 1. The zero-order chi connectivity index (χ0) is 13.8. The van der Waals surface area contributed by atoms with Crippen molar-refractivity contribution in [1.29, 1.82) is 0 Å². The largest absolute Gasteiger partial charge is 0.316 e. The first-order valence-electron chi connectivity index (χ1n) is 7.62. The third kappa shape index (κ3) is 3.56. The molecule has 1 unspecified atom stereocenters. The number of aromatic nitrogens is 3. The molecule has 19 heavy (non-hydrogen) atoms. The van der Waals surface area contributed by atoms with E-state index in [1.54, 1.807) is 6.33 Å². The first kappa shape index (κ1) is 14.5. The minimum Gasteiger partial charge on any atom is -0.316 e. The molecule has 0 radical (unpaired) electrons. The maximum absolute atomic E-state index is 4.35. The molecule has 1 heterocycles. The van der Waals surface area contributed by atoms with Gasteiger partial charge in [-0.1, -0.05) is 13.8 Å². The molecule has 108 valence electrons. The predicted molar refractivity (Wildman–Crippen MR) is 77.8 cm³/mol. The molecule has 4 heteroatoms. The lowest BCUT2D eigenvalue weighted by atomic mass is 9.74. The number of hydrogen-bond acceptors (Lipinski definition) is 3. The molecule has 0 aromatic carbocycles. The van der Waals surface area contributed by atoms with Gasteiger partial charge in [0.15, 0.2) is 0 Å². The van der Waals surface area contributed by atoms with Crippen molar-refractivity contribution in [3.05, 3.63) is 12.2 Å². The Balaban J connectivity index is 1.91. The summed E-state index contributed by atoms with van der Waals surface area (Å²) >= 11 is 0. The second-order valence-corrected chi connectivity index (χ2v) is 6.32. The summed E-state index contributed by atoms with van der Waals surface area (Å²) in [5.41, 5.74) is 0. The molecular formula is C15H28N4. The Hall–Kier alpha value is -0.900. The highest BCUT2D eigenvalue weighted by Gasteiger charge is 2.28. The summed E-state index contributed by atoms with van der Waals surface area (Å²) in [6, 6.07) is 0.538. The first-order chi connectivity index (χ1) is 9.11. The molecule has 1 aromatic rings. The molecule has 0 bridgehead atoms. The highest BCUT2D eigenvalue weighted by Crippen LogP contribution is 2.35. The standard InChI is InChI=1S/C15H28N4/c1-11(2)12-5-7-13(8-6-12)14(16-3)9-15-17-10-18-19(15)4/h10-14,16H,5-9H2,1-4H3. The van der Waals surface area contributed by atoms with Gasteiger partial charge in [0.05, 0.1) is 0 Å². The van der Waals surface area contributed by atoms with Gasteiger partial charge in [0, 0.05) is 19.5 Å². The minimum atomic E-state index is 0.538. The van der Waals surface area contributed by atoms with E-state index >= 15 is 0 Å². The number of nitrogens with zero attached hydrogens (tertiary/aromatic N) is 3. The molecule has 0 aliphatic heterocycles. The lowest BCUT2D eigenvalue weighted by molar-refractivity contribution is 0.190. The van der Waals surface area contributed by atoms with Crippen LogP contribution >= 0.6 is 0 Å². The van der Waals surface area contributed by atoms with Crippen LogP contribution in [0.5, 0.6) is 0 Å². The summed E-state index contributed by atoms with van der Waals surface area (Å²) in [5, 5.41) is 7.66. The fraction of sp³-hybridized carbons (Fsp3) is 0.867. The molecular weight excluding hydrogens is 236 g/mol. The van der Waals surface area contributed by atoms with E-state index < -0.39 is 0 Å². The Labute approximate surface area is 117 Å². The van der Waals surface area contributed by atoms with Crippen molar-refractivity contribution in [3.8, 4) is 0 Å². The van der Waals surface area contributed by atoms with Crippen molar-refractivity contribution < 1.29 is 0 Å². The van der Waals surface area contributed by atoms with Crippen molar-refractivity contribution >= 4 is 0 Å². The molecule has 1 aliphatic carbocycles. The van der Waals surface area contributed by atoms with Crippen molar-refractivity contribution in [2.24, 2.45) is 24.8 Å². The normalized spacial score (nSPS) is 25.7. The topological polar surface area (TPSA) is 42.7 Å². The maximum atomic E-state index is 4.35. The van der Waals surface area contributed by atoms with Crippen LogP contribution < -0.4 is 5.32 Å². The first-order valence-corrected chi connectivity index (χ1v) is 7.62. The zero-order valence-electron chi connectivity index (χ0n) is 12.8. The van der Waals surface area contributed by atoms with E-state index in [2.05, 4.69) is 36.3 Å². The quantitative estimate of drug-likeness (QED) is 0.888. The Morgan fingerprint density at radius 3 is 2.37 bits per heavy atom. The lowest BCUT2D eigenvalue weighted by Gasteiger charge is -2.35. The second-order valence-electron chi connectivity index (χ2n) is 6.32. The maximum Gasteiger partial charge on any atom is 0.138 e. The third-order valence-corrected chi connectivity index (χ3v) is 4.91. The Kier molecular flexibility index (Phi) is 4.97. The average Bonchev–Trinajstić information content (AvgIpc) is 2.81. The molecule has 1 saturated carbocycles. The van der Waals surface area contributed by atoms with Gasteiger partial charge in [0.25, 0.3) is 0 Å². The van der Waals surface area contributed by atoms with Crippen molar-refractivity contribution in [2.75, 3.05) is 7.05 Å². The Morgan fingerprint density at radius 2 is 1.89 bits per heavy atom. The van der Waals surface area contributed by atoms with Gasteiger partial charge < -0.3 is 5.32 Å². The number of likely N-dealkylation sites (N-methyl/N-ethyl adjacent to an activating group) is 1. The predicted octanol–water partition coefficient (Wildman–Crippen LogP) is 2.41. The third-order valence-electron chi connectivity index (χ3n) is 4.91. The summed E-state index contributed by atoms with van der Waals surface area (Å²) in [6.45, 7) is 4.72. The number of rotatable bonds is 5. The van der Waals surface area contributed by atoms with Crippen LogP contribution in [-0.2, 0) is 13.5 Å². The lowest BCUT2D eigenvalue weighted by Crippen LogP contribution is -2.38. The SMILES string of the molecule is CNC(Cc1ncnn1C)C1CCC(C(C)C)CC1. The van der Waals surface area contributed by atoms with E-state index in [4.69, 9.17) is 0 Å². The summed E-state index contributed by atoms with van der Waals surface area (Å²) in [7, 11) is 4.06. The highest BCUT2D eigenvalue weighted by atomic mass is 15.3. The zero-order valence-corrected chi connectivity index (χ0v) is 12.8. The number of nitrogens with one attached hydrogen (secondary N) is 1. The molecule has 1 atom stereocenters. The van der Waals surface area contributed by atoms with E-state index in [1.807, 2.05) is 11.7 Å². The highest BCUT2D eigenvalue weighted by molar-refractivity contribution is 4.92. The van der Waals surface area contributed by atoms with Crippen LogP contribution in [0.15, 0.2) is 6.33 Å². The van der Waals surface area contributed by atoms with Gasteiger partial charge in [0.1, 0.15) is 12.2 Å². The van der Waals surface area contributed by atoms with E-state index in [9.17, 15) is 0 Å². The molecule has 4 nitrogen and oxygen atoms in total.